The lowest BCUT2D eigenvalue weighted by Crippen LogP contribution is -2.26. The molecule has 0 aromatic heterocycles. The number of hydrogen-bond acceptors (Lipinski definition) is 3. The lowest BCUT2D eigenvalue weighted by Gasteiger charge is -2.25. The minimum Gasteiger partial charge on any atom is -0.478 e. The van der Waals surface area contributed by atoms with Crippen LogP contribution < -0.4 is 5.32 Å². The van der Waals surface area contributed by atoms with Crippen LogP contribution in [0.3, 0.4) is 0 Å². The summed E-state index contributed by atoms with van der Waals surface area (Å²) in [7, 11) is 0. The molecule has 0 spiro atoms. The number of hydrogen-bond donors (Lipinski definition) is 2. The highest BCUT2D eigenvalue weighted by Crippen LogP contribution is 2.46. The van der Waals surface area contributed by atoms with Gasteiger partial charge in [0.15, 0.2) is 0 Å². The highest BCUT2D eigenvalue weighted by Gasteiger charge is 2.39. The van der Waals surface area contributed by atoms with Crippen molar-refractivity contribution >= 4 is 23.4 Å². The molecule has 3 unspecified atom stereocenters. The maximum Gasteiger partial charge on any atom is 0.338 e. The molecule has 2 saturated carbocycles. The summed E-state index contributed by atoms with van der Waals surface area (Å²) in [5.41, 5.74) is 1.22. The summed E-state index contributed by atoms with van der Waals surface area (Å²) < 4.78 is 0. The van der Waals surface area contributed by atoms with Crippen LogP contribution in [0, 0.1) is 11.8 Å². The Kier molecular flexibility index (Phi) is 3.44. The van der Waals surface area contributed by atoms with Crippen molar-refractivity contribution < 1.29 is 9.90 Å². The number of carbonyl (C=O) groups is 1. The third-order valence-electron chi connectivity index (χ3n) is 4.54. The molecule has 0 amide bonds. The molecule has 102 valence electrons. The highest BCUT2D eigenvalue weighted by molar-refractivity contribution is 7.98. The maximum absolute atomic E-state index is 11.5. The van der Waals surface area contributed by atoms with Crippen LogP contribution in [-0.4, -0.2) is 23.4 Å². The molecule has 2 aliphatic carbocycles. The fourth-order valence-corrected chi connectivity index (χ4v) is 4.28. The maximum atomic E-state index is 11.5. The average molecular weight is 277 g/mol. The van der Waals surface area contributed by atoms with Crippen LogP contribution in [0.25, 0.3) is 0 Å². The molecule has 2 fully saturated rings. The second kappa shape index (κ2) is 5.08. The first kappa shape index (κ1) is 12.9. The lowest BCUT2D eigenvalue weighted by molar-refractivity contribution is 0.0694. The fraction of sp³-hybridized carbons (Fsp3) is 0.533. The first-order valence-electron chi connectivity index (χ1n) is 6.86. The number of nitrogens with one attached hydrogen (secondary N) is 1. The highest BCUT2D eigenvalue weighted by atomic mass is 32.2. The molecule has 19 heavy (non-hydrogen) atoms. The summed E-state index contributed by atoms with van der Waals surface area (Å²) in [6.07, 6.45) is 7.10. The molecule has 0 radical (unpaired) electrons. The van der Waals surface area contributed by atoms with Crippen molar-refractivity contribution in [2.24, 2.45) is 11.8 Å². The largest absolute Gasteiger partial charge is 0.478 e. The van der Waals surface area contributed by atoms with Crippen molar-refractivity contribution in [3.05, 3.63) is 23.8 Å². The van der Waals surface area contributed by atoms with Gasteiger partial charge in [-0.2, -0.15) is 0 Å². The van der Waals surface area contributed by atoms with E-state index in [2.05, 4.69) is 5.32 Å². The van der Waals surface area contributed by atoms with Gasteiger partial charge < -0.3 is 10.4 Å². The molecule has 1 aromatic carbocycles. The Bertz CT molecular complexity index is 503. The zero-order chi connectivity index (χ0) is 13.4. The van der Waals surface area contributed by atoms with E-state index in [1.54, 1.807) is 0 Å². The van der Waals surface area contributed by atoms with Crippen molar-refractivity contribution in [3.8, 4) is 0 Å². The zero-order valence-corrected chi connectivity index (χ0v) is 11.9. The van der Waals surface area contributed by atoms with Crippen LogP contribution in [0.15, 0.2) is 23.1 Å². The van der Waals surface area contributed by atoms with Crippen LogP contribution in [0.4, 0.5) is 5.69 Å². The van der Waals surface area contributed by atoms with Crippen molar-refractivity contribution in [1.29, 1.82) is 0 Å². The van der Waals surface area contributed by atoms with Crippen LogP contribution in [0.1, 0.15) is 36.0 Å². The fourth-order valence-electron chi connectivity index (χ4n) is 3.66. The first-order valence-corrected chi connectivity index (χ1v) is 8.08. The van der Waals surface area contributed by atoms with Crippen LogP contribution in [0.5, 0.6) is 0 Å². The van der Waals surface area contributed by atoms with Gasteiger partial charge >= 0.3 is 5.97 Å². The monoisotopic (exact) mass is 277 g/mol. The molecule has 3 nitrogen and oxygen atoms in total. The third kappa shape index (κ3) is 2.34. The summed E-state index contributed by atoms with van der Waals surface area (Å²) in [6, 6.07) is 6.18. The molecule has 2 aliphatic rings. The predicted molar refractivity (Wildman–Crippen MR) is 78.0 cm³/mol. The number of rotatable bonds is 4. The molecule has 0 aliphatic heterocycles. The number of carboxylic acids is 1. The second-order valence-corrected chi connectivity index (χ2v) is 6.46. The molecule has 3 atom stereocenters. The van der Waals surface area contributed by atoms with Gasteiger partial charge in [0.1, 0.15) is 0 Å². The molecule has 3 rings (SSSR count). The number of benzene rings is 1. The quantitative estimate of drug-likeness (QED) is 0.824. The minimum atomic E-state index is -0.837. The molecular formula is C15H19NO2S. The molecular weight excluding hydrogens is 258 g/mol. The van der Waals surface area contributed by atoms with Gasteiger partial charge in [-0.15, -0.1) is 11.8 Å². The van der Waals surface area contributed by atoms with E-state index in [9.17, 15) is 9.90 Å². The Labute approximate surface area is 117 Å². The molecule has 0 saturated heterocycles. The van der Waals surface area contributed by atoms with Gasteiger partial charge in [0.25, 0.3) is 0 Å². The zero-order valence-electron chi connectivity index (χ0n) is 11.1. The van der Waals surface area contributed by atoms with E-state index in [4.69, 9.17) is 0 Å². The number of aromatic carboxylic acids is 1. The van der Waals surface area contributed by atoms with Gasteiger partial charge in [0.2, 0.25) is 0 Å². The lowest BCUT2D eigenvalue weighted by atomic mass is 9.95. The van der Waals surface area contributed by atoms with E-state index < -0.39 is 5.97 Å². The van der Waals surface area contributed by atoms with E-state index >= 15 is 0 Å². The Balaban J connectivity index is 1.86. The van der Waals surface area contributed by atoms with Gasteiger partial charge in [0, 0.05) is 10.9 Å². The number of carboxylic acid groups (broad SMARTS) is 1. The van der Waals surface area contributed by atoms with E-state index in [0.29, 0.717) is 11.6 Å². The number of anilines is 1. The van der Waals surface area contributed by atoms with Crippen molar-refractivity contribution in [1.82, 2.24) is 0 Å². The Hall–Kier alpha value is -1.16. The van der Waals surface area contributed by atoms with Crippen LogP contribution >= 0.6 is 11.8 Å². The summed E-state index contributed by atoms with van der Waals surface area (Å²) in [5.74, 6) is 0.764. The minimum absolute atomic E-state index is 0.428. The third-order valence-corrected chi connectivity index (χ3v) is 5.32. The Morgan fingerprint density at radius 1 is 1.37 bits per heavy atom. The first-order chi connectivity index (χ1) is 9.19. The van der Waals surface area contributed by atoms with Crippen LogP contribution in [-0.2, 0) is 0 Å². The van der Waals surface area contributed by atoms with Crippen LogP contribution in [0.2, 0.25) is 0 Å². The number of fused-ring (bicyclic) bond motifs is 2. The topological polar surface area (TPSA) is 49.3 Å². The van der Waals surface area contributed by atoms with Crippen molar-refractivity contribution in [2.75, 3.05) is 11.6 Å². The Morgan fingerprint density at radius 2 is 2.21 bits per heavy atom. The SMILES string of the molecule is CSc1cccc(NC2CC3CCC2C3)c1C(=O)O. The second-order valence-electron chi connectivity index (χ2n) is 5.61. The van der Waals surface area contributed by atoms with Crippen molar-refractivity contribution in [3.63, 3.8) is 0 Å². The van der Waals surface area contributed by atoms with E-state index in [1.807, 2.05) is 24.5 Å². The van der Waals surface area contributed by atoms with E-state index in [1.165, 1.54) is 37.4 Å². The summed E-state index contributed by atoms with van der Waals surface area (Å²) in [6.45, 7) is 0. The van der Waals surface area contributed by atoms with Gasteiger partial charge in [0.05, 0.1) is 11.3 Å². The summed E-state index contributed by atoms with van der Waals surface area (Å²) in [5, 5.41) is 12.9. The smallest absolute Gasteiger partial charge is 0.338 e. The average Bonchev–Trinajstić information content (AvgIpc) is 3.00. The van der Waals surface area contributed by atoms with E-state index in [-0.39, 0.29) is 0 Å². The predicted octanol–water partition coefficient (Wildman–Crippen LogP) is 3.71. The molecule has 2 N–H and O–H groups in total. The normalized spacial score (nSPS) is 28.6. The molecule has 4 heteroatoms. The van der Waals surface area contributed by atoms with Crippen molar-refractivity contribution in [2.45, 2.75) is 36.6 Å². The molecule has 2 bridgehead atoms. The van der Waals surface area contributed by atoms with Gasteiger partial charge in [-0.05, 0) is 49.5 Å². The molecule has 1 aromatic rings. The summed E-state index contributed by atoms with van der Waals surface area (Å²) in [4.78, 5) is 12.3. The van der Waals surface area contributed by atoms with Gasteiger partial charge in [-0.1, -0.05) is 12.5 Å². The van der Waals surface area contributed by atoms with Gasteiger partial charge in [-0.3, -0.25) is 0 Å². The molecule has 0 heterocycles. The standard InChI is InChI=1S/C15H19NO2S/c1-19-13-4-2-3-11(14(13)15(17)18)16-12-8-9-5-6-10(12)7-9/h2-4,9-10,12,16H,5-8H2,1H3,(H,17,18). The van der Waals surface area contributed by atoms with Gasteiger partial charge in [-0.25, -0.2) is 4.79 Å². The number of thioether (sulfide) groups is 1. The van der Waals surface area contributed by atoms with E-state index in [0.717, 1.165) is 22.4 Å². The summed E-state index contributed by atoms with van der Waals surface area (Å²) >= 11 is 1.49. The Morgan fingerprint density at radius 3 is 2.79 bits per heavy atom.